The van der Waals surface area contributed by atoms with E-state index in [0.717, 1.165) is 60.3 Å². The number of carbonyl (C=O) groups excluding carboxylic acids is 4. The monoisotopic (exact) mass is 404 g/mol. The molecule has 8 nitrogen and oxygen atoms in total. The lowest BCUT2D eigenvalue weighted by atomic mass is 9.82. The van der Waals surface area contributed by atoms with Gasteiger partial charge in [-0.25, -0.2) is 4.79 Å². The van der Waals surface area contributed by atoms with Gasteiger partial charge in [0.15, 0.2) is 0 Å². The third kappa shape index (κ3) is 3.17. The van der Waals surface area contributed by atoms with E-state index < -0.39 is 23.4 Å². The molecule has 2 fully saturated rings. The zero-order valence-electron chi connectivity index (χ0n) is 15.6. The molecule has 4 N–H and O–H groups in total. The van der Waals surface area contributed by atoms with Crippen molar-refractivity contribution in [2.24, 2.45) is 5.73 Å². The second-order valence-electron chi connectivity index (χ2n) is 7.79. The van der Waals surface area contributed by atoms with Crippen molar-refractivity contribution in [1.29, 1.82) is 0 Å². The molecule has 0 bridgehead atoms. The van der Waals surface area contributed by atoms with Crippen LogP contribution in [-0.2, 0) is 22.4 Å². The fraction of sp³-hybridized carbons (Fsp3) is 0.579. The third-order valence-corrected chi connectivity index (χ3v) is 7.13. The number of nitrogens with two attached hydrogens (primary N) is 1. The van der Waals surface area contributed by atoms with Crippen molar-refractivity contribution in [3.05, 3.63) is 16.0 Å². The van der Waals surface area contributed by atoms with E-state index in [1.54, 1.807) is 0 Å². The summed E-state index contributed by atoms with van der Waals surface area (Å²) in [5.74, 6) is -1.39. The van der Waals surface area contributed by atoms with E-state index in [1.165, 1.54) is 11.3 Å². The first-order valence-corrected chi connectivity index (χ1v) is 10.6. The molecule has 9 heteroatoms. The molecule has 1 aromatic rings. The first kappa shape index (κ1) is 18.9. The van der Waals surface area contributed by atoms with Crippen molar-refractivity contribution >= 4 is 40.1 Å². The Kier molecular flexibility index (Phi) is 4.86. The molecule has 3 aliphatic rings. The lowest BCUT2D eigenvalue weighted by Gasteiger charge is -2.30. The summed E-state index contributed by atoms with van der Waals surface area (Å²) in [6.07, 6.45) is 7.71. The average molecular weight is 404 g/mol. The van der Waals surface area contributed by atoms with Gasteiger partial charge in [-0.3, -0.25) is 19.3 Å². The van der Waals surface area contributed by atoms with E-state index in [0.29, 0.717) is 23.4 Å². The summed E-state index contributed by atoms with van der Waals surface area (Å²) in [6, 6.07) is -0.525. The van der Waals surface area contributed by atoms with Gasteiger partial charge in [0, 0.05) is 4.88 Å². The molecule has 1 aromatic heterocycles. The summed E-state index contributed by atoms with van der Waals surface area (Å²) >= 11 is 1.36. The maximum atomic E-state index is 12.8. The molecule has 2 heterocycles. The molecular weight excluding hydrogens is 380 g/mol. The van der Waals surface area contributed by atoms with Crippen LogP contribution in [0.5, 0.6) is 0 Å². The van der Waals surface area contributed by atoms with Crippen molar-refractivity contribution in [3.8, 4) is 0 Å². The van der Waals surface area contributed by atoms with E-state index in [-0.39, 0.29) is 12.5 Å². The van der Waals surface area contributed by atoms with E-state index in [4.69, 9.17) is 5.73 Å². The van der Waals surface area contributed by atoms with Gasteiger partial charge in [-0.15, -0.1) is 11.3 Å². The van der Waals surface area contributed by atoms with Crippen LogP contribution in [0.3, 0.4) is 0 Å². The maximum Gasteiger partial charge on any atom is 0.325 e. The van der Waals surface area contributed by atoms with Gasteiger partial charge in [-0.2, -0.15) is 0 Å². The number of hydrogen-bond acceptors (Lipinski definition) is 5. The molecule has 1 aliphatic heterocycles. The molecule has 0 radical (unpaired) electrons. The first-order valence-electron chi connectivity index (χ1n) is 9.79. The molecule has 150 valence electrons. The summed E-state index contributed by atoms with van der Waals surface area (Å²) in [4.78, 5) is 51.7. The van der Waals surface area contributed by atoms with Crippen LogP contribution in [0.25, 0.3) is 0 Å². The van der Waals surface area contributed by atoms with Crippen molar-refractivity contribution in [3.63, 3.8) is 0 Å². The van der Waals surface area contributed by atoms with Crippen LogP contribution in [0.4, 0.5) is 9.80 Å². The lowest BCUT2D eigenvalue weighted by Crippen LogP contribution is -2.48. The lowest BCUT2D eigenvalue weighted by molar-refractivity contribution is -0.134. The SMILES string of the molecule is NC(=O)c1c(NC(=O)CN2C(=O)NC3(CCCCC3)C2=O)sc2c1CCCC2. The molecular formula is C19H24N4O4S. The first-order chi connectivity index (χ1) is 13.4. The summed E-state index contributed by atoms with van der Waals surface area (Å²) in [5.41, 5.74) is 5.99. The number of hydrogen-bond donors (Lipinski definition) is 3. The van der Waals surface area contributed by atoms with Crippen LogP contribution in [0.1, 0.15) is 65.7 Å². The van der Waals surface area contributed by atoms with Gasteiger partial charge in [-0.1, -0.05) is 19.3 Å². The Morgan fingerprint density at radius 3 is 2.54 bits per heavy atom. The van der Waals surface area contributed by atoms with Gasteiger partial charge < -0.3 is 16.4 Å². The largest absolute Gasteiger partial charge is 0.365 e. The summed E-state index contributed by atoms with van der Waals surface area (Å²) in [6.45, 7) is -0.368. The topological polar surface area (TPSA) is 122 Å². The minimum Gasteiger partial charge on any atom is -0.365 e. The summed E-state index contributed by atoms with van der Waals surface area (Å²) in [5, 5.41) is 5.93. The van der Waals surface area contributed by atoms with Crippen molar-refractivity contribution < 1.29 is 19.2 Å². The Morgan fingerprint density at radius 1 is 1.11 bits per heavy atom. The van der Waals surface area contributed by atoms with Gasteiger partial charge in [0.25, 0.3) is 11.8 Å². The Balaban J connectivity index is 1.49. The van der Waals surface area contributed by atoms with Gasteiger partial charge >= 0.3 is 6.03 Å². The zero-order chi connectivity index (χ0) is 19.9. The summed E-state index contributed by atoms with van der Waals surface area (Å²) < 4.78 is 0. The minimum atomic E-state index is -0.851. The van der Waals surface area contributed by atoms with Gasteiger partial charge in [0.1, 0.15) is 17.1 Å². The van der Waals surface area contributed by atoms with Crippen LogP contribution < -0.4 is 16.4 Å². The van der Waals surface area contributed by atoms with Gasteiger partial charge in [0.2, 0.25) is 5.91 Å². The highest BCUT2D eigenvalue weighted by Gasteiger charge is 2.51. The molecule has 1 spiro atoms. The highest BCUT2D eigenvalue weighted by Crippen LogP contribution is 2.38. The molecule has 0 aromatic carbocycles. The number of aryl methyl sites for hydroxylation is 1. The quantitative estimate of drug-likeness (QED) is 0.664. The number of nitrogens with zero attached hydrogens (tertiary/aromatic N) is 1. The van der Waals surface area contributed by atoms with Crippen LogP contribution >= 0.6 is 11.3 Å². The van der Waals surface area contributed by atoms with Crippen LogP contribution in [0, 0.1) is 0 Å². The number of imide groups is 1. The third-order valence-electron chi connectivity index (χ3n) is 5.93. The Bertz CT molecular complexity index is 856. The predicted molar refractivity (Wildman–Crippen MR) is 104 cm³/mol. The predicted octanol–water partition coefficient (Wildman–Crippen LogP) is 1.92. The smallest absolute Gasteiger partial charge is 0.325 e. The molecule has 2 aliphatic carbocycles. The number of anilines is 1. The van der Waals surface area contributed by atoms with Crippen molar-refractivity contribution in [1.82, 2.24) is 10.2 Å². The van der Waals surface area contributed by atoms with Crippen LogP contribution in [0.15, 0.2) is 0 Å². The fourth-order valence-corrected chi connectivity index (χ4v) is 5.85. The second-order valence-corrected chi connectivity index (χ2v) is 8.90. The normalized spacial score (nSPS) is 20.8. The van der Waals surface area contributed by atoms with E-state index in [1.807, 2.05) is 0 Å². The van der Waals surface area contributed by atoms with Crippen molar-refractivity contribution in [2.75, 3.05) is 11.9 Å². The highest BCUT2D eigenvalue weighted by molar-refractivity contribution is 7.17. The number of amides is 5. The fourth-order valence-electron chi connectivity index (χ4n) is 4.54. The standard InChI is InChI=1S/C19H24N4O4S/c20-15(25)14-11-6-2-3-7-12(11)28-16(14)21-13(24)10-23-17(26)19(22-18(23)27)8-4-1-5-9-19/h1-10H2,(H2,20,25)(H,21,24)(H,22,27). The average Bonchev–Trinajstić information content (AvgIpc) is 3.13. The van der Waals surface area contributed by atoms with Gasteiger partial charge in [0.05, 0.1) is 5.56 Å². The zero-order valence-corrected chi connectivity index (χ0v) is 16.5. The molecule has 1 saturated carbocycles. The molecule has 1 saturated heterocycles. The Labute approximate surface area is 166 Å². The second kappa shape index (κ2) is 7.20. The van der Waals surface area contributed by atoms with Crippen LogP contribution in [-0.4, -0.2) is 40.7 Å². The molecule has 4 rings (SSSR count). The Hall–Kier alpha value is -2.42. The van der Waals surface area contributed by atoms with Crippen LogP contribution in [0.2, 0.25) is 0 Å². The van der Waals surface area contributed by atoms with E-state index in [9.17, 15) is 19.2 Å². The maximum absolute atomic E-state index is 12.8. The number of carbonyl (C=O) groups is 4. The number of nitrogens with one attached hydrogen (secondary N) is 2. The van der Waals surface area contributed by atoms with Crippen molar-refractivity contribution in [2.45, 2.75) is 63.3 Å². The number of fused-ring (bicyclic) bond motifs is 1. The molecule has 28 heavy (non-hydrogen) atoms. The molecule has 0 unspecified atom stereocenters. The minimum absolute atomic E-state index is 0.326. The number of primary amides is 1. The highest BCUT2D eigenvalue weighted by atomic mass is 32.1. The van der Waals surface area contributed by atoms with E-state index >= 15 is 0 Å². The molecule has 5 amide bonds. The number of thiophene rings is 1. The van der Waals surface area contributed by atoms with E-state index in [2.05, 4.69) is 10.6 Å². The number of rotatable bonds is 4. The Morgan fingerprint density at radius 2 is 1.82 bits per heavy atom. The number of urea groups is 1. The van der Waals surface area contributed by atoms with Gasteiger partial charge in [-0.05, 0) is 44.1 Å². The summed E-state index contributed by atoms with van der Waals surface area (Å²) in [7, 11) is 0. The molecule has 0 atom stereocenters.